The van der Waals surface area contributed by atoms with Crippen LogP contribution in [0.2, 0.25) is 0 Å². The summed E-state index contributed by atoms with van der Waals surface area (Å²) in [5.41, 5.74) is 5.38. The van der Waals surface area contributed by atoms with E-state index in [0.717, 1.165) is 13.0 Å². The van der Waals surface area contributed by atoms with Crippen molar-refractivity contribution in [1.29, 1.82) is 0 Å². The Morgan fingerprint density at radius 3 is 2.85 bits per heavy atom. The van der Waals surface area contributed by atoms with Gasteiger partial charge in [-0.1, -0.05) is 12.1 Å². The number of ether oxygens (including phenoxy) is 1. The first-order chi connectivity index (χ1) is 6.24. The molecule has 13 heavy (non-hydrogen) atoms. The van der Waals surface area contributed by atoms with Gasteiger partial charge in [0.2, 0.25) is 0 Å². The molecule has 0 aromatic heterocycles. The van der Waals surface area contributed by atoms with Crippen LogP contribution in [0.3, 0.4) is 0 Å². The van der Waals surface area contributed by atoms with Crippen molar-refractivity contribution in [3.63, 3.8) is 0 Å². The Labute approximate surface area is 78.9 Å². The van der Waals surface area contributed by atoms with Gasteiger partial charge in [0.1, 0.15) is 5.84 Å². The Morgan fingerprint density at radius 2 is 2.38 bits per heavy atom. The molecular weight excluding hydrogens is 170 g/mol. The first-order valence-corrected chi connectivity index (χ1v) is 4.43. The lowest BCUT2D eigenvalue weighted by atomic mass is 10.1. The van der Waals surface area contributed by atoms with Gasteiger partial charge in [-0.25, -0.2) is 0 Å². The lowest BCUT2D eigenvalue weighted by molar-refractivity contribution is 0.195. The second-order valence-corrected chi connectivity index (χ2v) is 2.85. The lowest BCUT2D eigenvalue weighted by Crippen LogP contribution is -2.35. The molecule has 0 aliphatic rings. The minimum absolute atomic E-state index is 0.256. The van der Waals surface area contributed by atoms with Crippen molar-refractivity contribution in [3.8, 4) is 0 Å². The quantitative estimate of drug-likeness (QED) is 0.175. The zero-order valence-corrected chi connectivity index (χ0v) is 8.29. The maximum atomic E-state index is 8.36. The Kier molecular flexibility index (Phi) is 7.33. The normalized spacial score (nSPS) is 14.5. The van der Waals surface area contributed by atoms with Crippen LogP contribution in [-0.2, 0) is 4.74 Å². The van der Waals surface area contributed by atoms with Crippen molar-refractivity contribution >= 4 is 5.84 Å². The molecule has 0 radical (unpaired) electrons. The van der Waals surface area contributed by atoms with Crippen molar-refractivity contribution in [2.75, 3.05) is 20.3 Å². The second-order valence-electron chi connectivity index (χ2n) is 2.85. The Morgan fingerprint density at radius 1 is 1.69 bits per heavy atom. The van der Waals surface area contributed by atoms with E-state index >= 15 is 0 Å². The van der Waals surface area contributed by atoms with Gasteiger partial charge >= 0.3 is 0 Å². The minimum atomic E-state index is 0.256. The van der Waals surface area contributed by atoms with Crippen LogP contribution in [0.15, 0.2) is 5.16 Å². The van der Waals surface area contributed by atoms with E-state index < -0.39 is 0 Å². The summed E-state index contributed by atoms with van der Waals surface area (Å²) in [7, 11) is 1.66. The highest BCUT2D eigenvalue weighted by Gasteiger charge is 2.07. The molecule has 0 heterocycles. The van der Waals surface area contributed by atoms with Gasteiger partial charge in [0, 0.05) is 26.1 Å². The summed E-state index contributed by atoms with van der Waals surface area (Å²) >= 11 is 0. The molecule has 0 amide bonds. The fourth-order valence-electron chi connectivity index (χ4n) is 1.02. The third-order valence-corrected chi connectivity index (χ3v) is 1.82. The summed E-state index contributed by atoms with van der Waals surface area (Å²) in [6.07, 6.45) is 1.51. The molecule has 0 bridgehead atoms. The van der Waals surface area contributed by atoms with E-state index in [1.54, 1.807) is 7.11 Å². The summed E-state index contributed by atoms with van der Waals surface area (Å²) in [6, 6.07) is 0.256. The molecule has 4 N–H and O–H groups in total. The van der Waals surface area contributed by atoms with Crippen LogP contribution in [-0.4, -0.2) is 37.3 Å². The summed E-state index contributed by atoms with van der Waals surface area (Å²) in [5, 5.41) is 14.5. The van der Waals surface area contributed by atoms with Crippen molar-refractivity contribution in [1.82, 2.24) is 5.32 Å². The van der Waals surface area contributed by atoms with Gasteiger partial charge in [-0.15, -0.1) is 0 Å². The maximum absolute atomic E-state index is 8.36. The number of methoxy groups -OCH3 is 1. The molecular formula is C8H19N3O2. The average molecular weight is 189 g/mol. The molecule has 0 rings (SSSR count). The summed E-state index contributed by atoms with van der Waals surface area (Å²) in [5.74, 6) is 0.261. The second kappa shape index (κ2) is 7.82. The monoisotopic (exact) mass is 189 g/mol. The number of hydrogen-bond acceptors (Lipinski definition) is 4. The fourth-order valence-corrected chi connectivity index (χ4v) is 1.02. The highest BCUT2D eigenvalue weighted by molar-refractivity contribution is 5.80. The van der Waals surface area contributed by atoms with E-state index in [9.17, 15) is 0 Å². The number of nitrogens with zero attached hydrogens (tertiary/aromatic N) is 1. The van der Waals surface area contributed by atoms with E-state index in [-0.39, 0.29) is 11.9 Å². The zero-order valence-electron chi connectivity index (χ0n) is 8.29. The lowest BCUT2D eigenvalue weighted by Gasteiger charge is -2.15. The highest BCUT2D eigenvalue weighted by atomic mass is 16.5. The van der Waals surface area contributed by atoms with Gasteiger partial charge in [-0.3, -0.25) is 0 Å². The third-order valence-electron chi connectivity index (χ3n) is 1.82. The van der Waals surface area contributed by atoms with Crippen molar-refractivity contribution in [2.24, 2.45) is 10.9 Å². The molecule has 5 nitrogen and oxygen atoms in total. The van der Waals surface area contributed by atoms with E-state index in [4.69, 9.17) is 15.7 Å². The molecule has 0 spiro atoms. The van der Waals surface area contributed by atoms with E-state index in [1.807, 2.05) is 0 Å². The predicted molar refractivity (Wildman–Crippen MR) is 52.0 cm³/mol. The molecule has 0 saturated carbocycles. The van der Waals surface area contributed by atoms with Crippen molar-refractivity contribution in [3.05, 3.63) is 0 Å². The maximum Gasteiger partial charge on any atom is 0.140 e. The van der Waals surface area contributed by atoms with Gasteiger partial charge < -0.3 is 21.0 Å². The Balaban J connectivity index is 3.63. The van der Waals surface area contributed by atoms with Gasteiger partial charge in [-0.2, -0.15) is 0 Å². The van der Waals surface area contributed by atoms with Gasteiger partial charge in [0.15, 0.2) is 0 Å². The van der Waals surface area contributed by atoms with Crippen LogP contribution in [0.1, 0.15) is 19.8 Å². The van der Waals surface area contributed by atoms with Gasteiger partial charge in [-0.05, 0) is 6.42 Å². The molecule has 1 unspecified atom stereocenters. The number of oxime groups is 1. The first-order valence-electron chi connectivity index (χ1n) is 4.43. The summed E-state index contributed by atoms with van der Waals surface area (Å²) in [4.78, 5) is 0. The number of nitrogens with one attached hydrogen (secondary N) is 1. The van der Waals surface area contributed by atoms with Crippen molar-refractivity contribution in [2.45, 2.75) is 25.8 Å². The van der Waals surface area contributed by atoms with Gasteiger partial charge in [0.25, 0.3) is 0 Å². The topological polar surface area (TPSA) is 79.9 Å². The van der Waals surface area contributed by atoms with Crippen LogP contribution < -0.4 is 11.1 Å². The third kappa shape index (κ3) is 6.36. The van der Waals surface area contributed by atoms with E-state index in [2.05, 4.69) is 17.4 Å². The number of hydrogen-bond donors (Lipinski definition) is 3. The molecule has 0 fully saturated rings. The number of amidine groups is 1. The Hall–Kier alpha value is -0.810. The molecule has 0 saturated heterocycles. The van der Waals surface area contributed by atoms with Crippen LogP contribution >= 0.6 is 0 Å². The molecule has 5 heteroatoms. The summed E-state index contributed by atoms with van der Waals surface area (Å²) in [6.45, 7) is 3.51. The van der Waals surface area contributed by atoms with Crippen LogP contribution in [0.4, 0.5) is 0 Å². The molecule has 0 aliphatic carbocycles. The van der Waals surface area contributed by atoms with Crippen LogP contribution in [0.5, 0.6) is 0 Å². The Bertz CT molecular complexity index is 150. The summed E-state index contributed by atoms with van der Waals surface area (Å²) < 4.78 is 4.89. The van der Waals surface area contributed by atoms with E-state index in [1.165, 1.54) is 0 Å². The molecule has 0 aromatic rings. The van der Waals surface area contributed by atoms with Gasteiger partial charge in [0.05, 0.1) is 6.61 Å². The SMILES string of the molecule is CCC(CC(N)=NO)NCCOC. The first kappa shape index (κ1) is 12.2. The minimum Gasteiger partial charge on any atom is -0.409 e. The molecule has 78 valence electrons. The standard InChI is InChI=1S/C8H19N3O2/c1-3-7(6-8(9)11-12)10-4-5-13-2/h7,10,12H,3-6H2,1-2H3,(H2,9,11). The smallest absolute Gasteiger partial charge is 0.140 e. The average Bonchev–Trinajstić information content (AvgIpc) is 2.16. The number of rotatable bonds is 7. The zero-order chi connectivity index (χ0) is 10.1. The van der Waals surface area contributed by atoms with Crippen molar-refractivity contribution < 1.29 is 9.94 Å². The highest BCUT2D eigenvalue weighted by Crippen LogP contribution is 1.96. The molecule has 0 aliphatic heterocycles. The molecule has 1 atom stereocenters. The van der Waals surface area contributed by atoms with E-state index in [0.29, 0.717) is 13.0 Å². The fraction of sp³-hybridized carbons (Fsp3) is 0.875. The largest absolute Gasteiger partial charge is 0.409 e. The predicted octanol–water partition coefficient (Wildman–Crippen LogP) is 0.138. The number of nitrogens with two attached hydrogens (primary N) is 1. The van der Waals surface area contributed by atoms with Crippen LogP contribution in [0, 0.1) is 0 Å². The van der Waals surface area contributed by atoms with Crippen LogP contribution in [0.25, 0.3) is 0 Å². The molecule has 0 aromatic carbocycles.